The van der Waals surface area contributed by atoms with Crippen LogP contribution in [0.1, 0.15) is 53.4 Å². The van der Waals surface area contributed by atoms with Gasteiger partial charge in [-0.05, 0) is 44.4 Å². The number of ketones is 1. The first-order valence-corrected chi connectivity index (χ1v) is 9.93. The Balaban J connectivity index is 1.66. The van der Waals surface area contributed by atoms with Crippen molar-refractivity contribution in [3.05, 3.63) is 46.1 Å². The summed E-state index contributed by atoms with van der Waals surface area (Å²) in [7, 11) is 0. The highest BCUT2D eigenvalue weighted by Crippen LogP contribution is 2.30. The molecule has 0 spiro atoms. The lowest BCUT2D eigenvalue weighted by molar-refractivity contribution is -0.154. The van der Waals surface area contributed by atoms with Crippen molar-refractivity contribution in [1.82, 2.24) is 20.3 Å². The summed E-state index contributed by atoms with van der Waals surface area (Å²) in [6.45, 7) is 1.85. The van der Waals surface area contributed by atoms with E-state index in [0.717, 1.165) is 12.8 Å². The molecular weight excluding hydrogens is 437 g/mol. The smallest absolute Gasteiger partial charge is 0.422 e. The molecule has 1 N–H and O–H groups in total. The normalized spacial score (nSPS) is 14.8. The molecule has 2 heterocycles. The summed E-state index contributed by atoms with van der Waals surface area (Å²) in [5, 5.41) is 2.62. The van der Waals surface area contributed by atoms with Gasteiger partial charge in [-0.2, -0.15) is 13.2 Å². The molecule has 1 aliphatic carbocycles. The minimum absolute atomic E-state index is 0.0684. The zero-order chi connectivity index (χ0) is 22.8. The maximum absolute atomic E-state index is 12.6. The Hall–Kier alpha value is -2.75. The first-order chi connectivity index (χ1) is 14.5. The van der Waals surface area contributed by atoms with Gasteiger partial charge in [0.05, 0.1) is 12.5 Å². The van der Waals surface area contributed by atoms with Crippen molar-refractivity contribution in [2.24, 2.45) is 5.92 Å². The summed E-state index contributed by atoms with van der Waals surface area (Å²) in [6, 6.07) is 2.31. The van der Waals surface area contributed by atoms with Crippen molar-refractivity contribution in [1.29, 1.82) is 0 Å². The molecule has 0 bridgehead atoms. The Morgan fingerprint density at radius 1 is 1.29 bits per heavy atom. The molecule has 1 amide bonds. The van der Waals surface area contributed by atoms with Gasteiger partial charge in [0.1, 0.15) is 22.3 Å². The minimum Gasteiger partial charge on any atom is -0.467 e. The highest BCUT2D eigenvalue weighted by molar-refractivity contribution is 6.31. The molecule has 166 valence electrons. The Bertz CT molecular complexity index is 996. The van der Waals surface area contributed by atoms with Crippen LogP contribution in [0.25, 0.3) is 0 Å². The van der Waals surface area contributed by atoms with Crippen LogP contribution < -0.4 is 10.1 Å². The number of alkyl halides is 3. The van der Waals surface area contributed by atoms with Crippen molar-refractivity contribution >= 4 is 23.3 Å². The van der Waals surface area contributed by atoms with Crippen molar-refractivity contribution in [3.8, 4) is 5.88 Å². The number of hydrogen-bond donors (Lipinski definition) is 1. The van der Waals surface area contributed by atoms with Crippen LogP contribution in [0.15, 0.2) is 18.3 Å². The third kappa shape index (κ3) is 6.61. The van der Waals surface area contributed by atoms with Crippen LogP contribution in [0.2, 0.25) is 5.02 Å². The summed E-state index contributed by atoms with van der Waals surface area (Å²) in [5.74, 6) is -0.407. The fourth-order valence-corrected chi connectivity index (χ4v) is 3.05. The number of carbonyl (C=O) groups excluding carboxylic acids is 2. The number of carbonyl (C=O) groups is 2. The van der Waals surface area contributed by atoms with E-state index in [1.165, 1.54) is 18.3 Å². The van der Waals surface area contributed by atoms with Gasteiger partial charge in [-0.1, -0.05) is 11.6 Å². The Morgan fingerprint density at radius 3 is 2.61 bits per heavy atom. The van der Waals surface area contributed by atoms with Crippen molar-refractivity contribution in [2.75, 3.05) is 6.61 Å². The molecule has 1 atom stereocenters. The number of nitrogens with zero attached hydrogens (tertiary/aromatic N) is 3. The fourth-order valence-electron chi connectivity index (χ4n) is 2.82. The average Bonchev–Trinajstić information content (AvgIpc) is 3.51. The lowest BCUT2D eigenvalue weighted by atomic mass is 10.1. The number of Topliss-reactive ketones (excluding diaryl/α,β-unsaturated/α-hetero) is 1. The molecule has 0 radical (unpaired) electrons. The summed E-state index contributed by atoms with van der Waals surface area (Å²) in [6.07, 6.45) is -1.39. The minimum atomic E-state index is -4.51. The summed E-state index contributed by atoms with van der Waals surface area (Å²) in [4.78, 5) is 36.9. The standard InChI is InChI=1S/C20H20ClF3N4O3/c1-10-5-15(28-17(26-10)7-16(29)12-3-4-12)18(30)27-11(2)13-6-14(21)19(25-8-13)31-9-20(22,23)24/h5-6,8,11-12H,3-4,7,9H2,1-2H3,(H,27,30). The maximum Gasteiger partial charge on any atom is 0.422 e. The van der Waals surface area contributed by atoms with E-state index < -0.39 is 24.7 Å². The summed E-state index contributed by atoms with van der Waals surface area (Å²) in [5.41, 5.74) is 1.14. The van der Waals surface area contributed by atoms with Crippen LogP contribution in [0.3, 0.4) is 0 Å². The van der Waals surface area contributed by atoms with Crippen LogP contribution in [0.5, 0.6) is 5.88 Å². The summed E-state index contributed by atoms with van der Waals surface area (Å²) < 4.78 is 41.4. The number of ether oxygens (including phenoxy) is 1. The quantitative estimate of drug-likeness (QED) is 0.649. The lowest BCUT2D eigenvalue weighted by Gasteiger charge is -2.16. The number of aryl methyl sites for hydroxylation is 1. The van der Waals surface area contributed by atoms with Gasteiger partial charge in [0.25, 0.3) is 5.91 Å². The second kappa shape index (κ2) is 9.17. The zero-order valence-electron chi connectivity index (χ0n) is 16.8. The third-order valence-electron chi connectivity index (χ3n) is 4.55. The van der Waals surface area contributed by atoms with Crippen molar-refractivity contribution in [2.45, 2.75) is 45.3 Å². The fraction of sp³-hybridized carbons (Fsp3) is 0.450. The van der Waals surface area contributed by atoms with E-state index in [0.29, 0.717) is 17.1 Å². The number of hydrogen-bond acceptors (Lipinski definition) is 6. The Labute approximate surface area is 181 Å². The number of rotatable bonds is 8. The van der Waals surface area contributed by atoms with E-state index in [1.54, 1.807) is 13.8 Å². The van der Waals surface area contributed by atoms with Crippen LogP contribution in [0, 0.1) is 12.8 Å². The van der Waals surface area contributed by atoms with Crippen molar-refractivity contribution < 1.29 is 27.5 Å². The molecule has 7 nitrogen and oxygen atoms in total. The number of amides is 1. The van der Waals surface area contributed by atoms with Gasteiger partial charge in [0.2, 0.25) is 5.88 Å². The highest BCUT2D eigenvalue weighted by Gasteiger charge is 2.30. The van der Waals surface area contributed by atoms with E-state index in [4.69, 9.17) is 11.6 Å². The first-order valence-electron chi connectivity index (χ1n) is 9.55. The molecular formula is C20H20ClF3N4O3. The second-order valence-corrected chi connectivity index (χ2v) is 7.79. The van der Waals surface area contributed by atoms with Crippen LogP contribution >= 0.6 is 11.6 Å². The predicted octanol–water partition coefficient (Wildman–Crippen LogP) is 3.79. The molecule has 0 aromatic carbocycles. The average molecular weight is 457 g/mol. The van der Waals surface area contributed by atoms with Gasteiger partial charge in [-0.25, -0.2) is 15.0 Å². The predicted molar refractivity (Wildman–Crippen MR) is 105 cm³/mol. The monoisotopic (exact) mass is 456 g/mol. The van der Waals surface area contributed by atoms with E-state index in [-0.39, 0.29) is 34.7 Å². The molecule has 1 fully saturated rings. The molecule has 1 aliphatic rings. The summed E-state index contributed by atoms with van der Waals surface area (Å²) >= 11 is 5.96. The molecule has 0 aliphatic heterocycles. The highest BCUT2D eigenvalue weighted by atomic mass is 35.5. The topological polar surface area (TPSA) is 94.1 Å². The molecule has 1 saturated carbocycles. The molecule has 2 aromatic rings. The largest absolute Gasteiger partial charge is 0.467 e. The van der Waals surface area contributed by atoms with E-state index in [1.807, 2.05) is 0 Å². The third-order valence-corrected chi connectivity index (χ3v) is 4.82. The molecule has 31 heavy (non-hydrogen) atoms. The van der Waals surface area contributed by atoms with Gasteiger partial charge < -0.3 is 10.1 Å². The number of nitrogens with one attached hydrogen (secondary N) is 1. The van der Waals surface area contributed by atoms with Crippen LogP contribution in [0.4, 0.5) is 13.2 Å². The van der Waals surface area contributed by atoms with Crippen molar-refractivity contribution in [3.63, 3.8) is 0 Å². The Kier molecular flexibility index (Phi) is 6.78. The number of pyridine rings is 1. The maximum atomic E-state index is 12.6. The first kappa shape index (κ1) is 22.9. The number of aromatic nitrogens is 3. The molecule has 2 aromatic heterocycles. The van der Waals surface area contributed by atoms with Gasteiger partial charge in [0.15, 0.2) is 6.61 Å². The van der Waals surface area contributed by atoms with E-state index in [9.17, 15) is 22.8 Å². The van der Waals surface area contributed by atoms with Gasteiger partial charge >= 0.3 is 6.18 Å². The van der Waals surface area contributed by atoms with Crippen LogP contribution in [-0.4, -0.2) is 39.4 Å². The number of halogens is 4. The van der Waals surface area contributed by atoms with Crippen LogP contribution in [-0.2, 0) is 11.2 Å². The SMILES string of the molecule is Cc1cc(C(=O)NC(C)c2cnc(OCC(F)(F)F)c(Cl)c2)nc(CC(=O)C2CC2)n1. The second-order valence-electron chi connectivity index (χ2n) is 7.38. The Morgan fingerprint density at radius 2 is 2.00 bits per heavy atom. The van der Waals surface area contributed by atoms with Gasteiger partial charge in [0, 0.05) is 17.8 Å². The van der Waals surface area contributed by atoms with Gasteiger partial charge in [-0.3, -0.25) is 9.59 Å². The van der Waals surface area contributed by atoms with E-state index in [2.05, 4.69) is 25.0 Å². The lowest BCUT2D eigenvalue weighted by Crippen LogP contribution is -2.28. The molecule has 3 rings (SSSR count). The molecule has 11 heteroatoms. The molecule has 0 saturated heterocycles. The van der Waals surface area contributed by atoms with Gasteiger partial charge in [-0.15, -0.1) is 0 Å². The molecule has 1 unspecified atom stereocenters. The zero-order valence-corrected chi connectivity index (χ0v) is 17.5. The van der Waals surface area contributed by atoms with E-state index >= 15 is 0 Å².